The topological polar surface area (TPSA) is 58.3 Å². The molecule has 5 heteroatoms. The van der Waals surface area contributed by atoms with Crippen LogP contribution in [0.4, 0.5) is 11.5 Å². The summed E-state index contributed by atoms with van der Waals surface area (Å²) in [5.74, 6) is 1.57. The van der Waals surface area contributed by atoms with Crippen molar-refractivity contribution < 1.29 is 0 Å². The summed E-state index contributed by atoms with van der Waals surface area (Å²) in [7, 11) is 4.18. The van der Waals surface area contributed by atoms with E-state index >= 15 is 0 Å². The average molecular weight is 287 g/mol. The molecule has 1 aromatic heterocycles. The number of nitrogens with two attached hydrogens (primary N) is 1. The van der Waals surface area contributed by atoms with Gasteiger partial charge in [-0.25, -0.2) is 9.97 Å². The van der Waals surface area contributed by atoms with Crippen LogP contribution >= 0.6 is 0 Å². The molecule has 0 aliphatic carbocycles. The molecule has 0 radical (unpaired) electrons. The monoisotopic (exact) mass is 287 g/mol. The summed E-state index contributed by atoms with van der Waals surface area (Å²) >= 11 is 0. The minimum absolute atomic E-state index is 0.575. The average Bonchev–Trinajstić information content (AvgIpc) is 2.42. The zero-order chi connectivity index (χ0) is 15.4. The van der Waals surface area contributed by atoms with Crippen LogP contribution in [0.3, 0.4) is 0 Å². The highest BCUT2D eigenvalue weighted by atomic mass is 15.2. The van der Waals surface area contributed by atoms with Crippen molar-refractivity contribution in [1.29, 1.82) is 0 Å². The molecule has 0 aliphatic rings. The second-order valence-electron chi connectivity index (χ2n) is 6.12. The van der Waals surface area contributed by atoms with E-state index < -0.39 is 0 Å². The first-order valence-corrected chi connectivity index (χ1v) is 7.37. The van der Waals surface area contributed by atoms with Crippen molar-refractivity contribution in [2.45, 2.75) is 13.8 Å². The van der Waals surface area contributed by atoms with Crippen LogP contribution in [-0.4, -0.2) is 48.6 Å². The Bertz CT molecular complexity index is 594. The Kier molecular flexibility index (Phi) is 4.96. The van der Waals surface area contributed by atoms with E-state index in [-0.39, 0.29) is 0 Å². The molecule has 0 aliphatic heterocycles. The molecule has 2 aromatic rings. The lowest BCUT2D eigenvalue weighted by atomic mass is 10.1. The van der Waals surface area contributed by atoms with Gasteiger partial charge in [-0.2, -0.15) is 0 Å². The fourth-order valence-electron chi connectivity index (χ4n) is 2.36. The van der Waals surface area contributed by atoms with Crippen LogP contribution in [0.1, 0.15) is 13.8 Å². The number of fused-ring (bicyclic) bond motifs is 1. The van der Waals surface area contributed by atoms with Gasteiger partial charge in [-0.3, -0.25) is 0 Å². The molecule has 0 unspecified atom stereocenters. The summed E-state index contributed by atoms with van der Waals surface area (Å²) in [6, 6.07) is 5.83. The lowest BCUT2D eigenvalue weighted by Gasteiger charge is -2.28. The van der Waals surface area contributed by atoms with Gasteiger partial charge in [-0.15, -0.1) is 0 Å². The summed E-state index contributed by atoms with van der Waals surface area (Å²) in [4.78, 5) is 13.4. The molecule has 114 valence electrons. The van der Waals surface area contributed by atoms with Crippen molar-refractivity contribution in [3.63, 3.8) is 0 Å². The Morgan fingerprint density at radius 1 is 1.14 bits per heavy atom. The third-order valence-corrected chi connectivity index (χ3v) is 3.34. The smallest absolute Gasteiger partial charge is 0.139 e. The number of aromatic nitrogens is 2. The van der Waals surface area contributed by atoms with E-state index in [9.17, 15) is 0 Å². The summed E-state index contributed by atoms with van der Waals surface area (Å²) in [5.41, 5.74) is 7.48. The Morgan fingerprint density at radius 2 is 1.90 bits per heavy atom. The van der Waals surface area contributed by atoms with Gasteiger partial charge >= 0.3 is 0 Å². The molecule has 21 heavy (non-hydrogen) atoms. The van der Waals surface area contributed by atoms with Gasteiger partial charge in [0.2, 0.25) is 0 Å². The van der Waals surface area contributed by atoms with Gasteiger partial charge < -0.3 is 15.5 Å². The molecule has 0 spiro atoms. The van der Waals surface area contributed by atoms with Gasteiger partial charge in [-0.1, -0.05) is 13.8 Å². The Hall–Kier alpha value is -1.88. The molecule has 2 rings (SSSR count). The van der Waals surface area contributed by atoms with Gasteiger partial charge in [0.25, 0.3) is 0 Å². The van der Waals surface area contributed by atoms with Crippen molar-refractivity contribution in [3.8, 4) is 0 Å². The minimum atomic E-state index is 0.575. The summed E-state index contributed by atoms with van der Waals surface area (Å²) in [6.07, 6.45) is 1.63. The van der Waals surface area contributed by atoms with Crippen molar-refractivity contribution in [2.24, 2.45) is 5.92 Å². The van der Waals surface area contributed by atoms with Crippen LogP contribution in [0.15, 0.2) is 24.5 Å². The van der Waals surface area contributed by atoms with Crippen molar-refractivity contribution >= 4 is 22.4 Å². The molecular formula is C16H25N5. The number of benzene rings is 1. The number of anilines is 2. The van der Waals surface area contributed by atoms with E-state index in [1.54, 1.807) is 6.33 Å². The normalized spacial score (nSPS) is 11.5. The molecule has 0 saturated heterocycles. The highest BCUT2D eigenvalue weighted by Crippen LogP contribution is 2.25. The minimum Gasteiger partial charge on any atom is -0.399 e. The van der Waals surface area contributed by atoms with Crippen LogP contribution in [0.2, 0.25) is 0 Å². The van der Waals surface area contributed by atoms with Crippen LogP contribution in [0.5, 0.6) is 0 Å². The number of nitrogens with zero attached hydrogens (tertiary/aromatic N) is 4. The van der Waals surface area contributed by atoms with E-state index in [0.29, 0.717) is 5.92 Å². The number of hydrogen-bond acceptors (Lipinski definition) is 5. The molecule has 0 amide bonds. The molecule has 1 heterocycles. The Morgan fingerprint density at radius 3 is 2.57 bits per heavy atom. The largest absolute Gasteiger partial charge is 0.399 e. The number of likely N-dealkylation sites (N-methyl/N-ethyl adjacent to an activating group) is 1. The third-order valence-electron chi connectivity index (χ3n) is 3.34. The third kappa shape index (κ3) is 4.04. The number of nitrogen functional groups attached to an aromatic ring is 1. The molecule has 0 bridgehead atoms. The molecule has 0 atom stereocenters. The van der Waals surface area contributed by atoms with E-state index in [2.05, 4.69) is 47.7 Å². The quantitative estimate of drug-likeness (QED) is 0.826. The Balaban J connectivity index is 2.38. The predicted molar refractivity (Wildman–Crippen MR) is 89.6 cm³/mol. The van der Waals surface area contributed by atoms with Gasteiger partial charge in [0.15, 0.2) is 0 Å². The molecule has 2 N–H and O–H groups in total. The summed E-state index contributed by atoms with van der Waals surface area (Å²) in [5, 5.41) is 1.06. The van der Waals surface area contributed by atoms with Crippen LogP contribution in [-0.2, 0) is 0 Å². The molecular weight excluding hydrogens is 262 g/mol. The zero-order valence-corrected chi connectivity index (χ0v) is 13.4. The fourth-order valence-corrected chi connectivity index (χ4v) is 2.36. The van der Waals surface area contributed by atoms with Gasteiger partial charge in [-0.05, 0) is 38.2 Å². The van der Waals surface area contributed by atoms with E-state index in [0.717, 1.165) is 42.0 Å². The van der Waals surface area contributed by atoms with Gasteiger partial charge in [0.1, 0.15) is 12.1 Å². The van der Waals surface area contributed by atoms with Crippen LogP contribution in [0.25, 0.3) is 10.9 Å². The lowest BCUT2D eigenvalue weighted by Crippen LogP contribution is -2.35. The molecule has 5 nitrogen and oxygen atoms in total. The maximum atomic E-state index is 5.85. The summed E-state index contributed by atoms with van der Waals surface area (Å²) < 4.78 is 0. The van der Waals surface area contributed by atoms with Crippen molar-refractivity contribution in [2.75, 3.05) is 44.4 Å². The van der Waals surface area contributed by atoms with Crippen LogP contribution in [0, 0.1) is 5.92 Å². The van der Waals surface area contributed by atoms with Gasteiger partial charge in [0, 0.05) is 30.7 Å². The first-order chi connectivity index (χ1) is 9.97. The summed E-state index contributed by atoms with van der Waals surface area (Å²) in [6.45, 7) is 7.37. The molecule has 0 fully saturated rings. The second-order valence-corrected chi connectivity index (χ2v) is 6.12. The molecule has 1 aromatic carbocycles. The van der Waals surface area contributed by atoms with Gasteiger partial charge in [0.05, 0.1) is 5.52 Å². The van der Waals surface area contributed by atoms with E-state index in [4.69, 9.17) is 5.73 Å². The van der Waals surface area contributed by atoms with E-state index in [1.807, 2.05) is 18.2 Å². The second kappa shape index (κ2) is 6.72. The SMILES string of the molecule is CC(C)CN(CCN(C)C)c1ncnc2cc(N)ccc12. The number of hydrogen-bond donors (Lipinski definition) is 1. The number of rotatable bonds is 6. The van der Waals surface area contributed by atoms with Crippen molar-refractivity contribution in [3.05, 3.63) is 24.5 Å². The fraction of sp³-hybridized carbons (Fsp3) is 0.500. The zero-order valence-electron chi connectivity index (χ0n) is 13.4. The lowest BCUT2D eigenvalue weighted by molar-refractivity contribution is 0.408. The van der Waals surface area contributed by atoms with E-state index in [1.165, 1.54) is 0 Å². The maximum Gasteiger partial charge on any atom is 0.139 e. The molecule has 0 saturated carbocycles. The first kappa shape index (κ1) is 15.5. The predicted octanol–water partition coefficient (Wildman–Crippen LogP) is 2.24. The van der Waals surface area contributed by atoms with Crippen molar-refractivity contribution in [1.82, 2.24) is 14.9 Å². The Labute approximate surface area is 126 Å². The van der Waals surface area contributed by atoms with Crippen LogP contribution < -0.4 is 10.6 Å². The highest BCUT2D eigenvalue weighted by Gasteiger charge is 2.14. The standard InChI is InChI=1S/C16H25N5/c1-12(2)10-21(8-7-20(3)4)16-14-6-5-13(17)9-15(14)18-11-19-16/h5-6,9,11-12H,7-8,10,17H2,1-4H3. The highest BCUT2D eigenvalue weighted by molar-refractivity contribution is 5.91. The first-order valence-electron chi connectivity index (χ1n) is 7.37. The maximum absolute atomic E-state index is 5.85.